The highest BCUT2D eigenvalue weighted by atomic mass is 35.5. The van der Waals surface area contributed by atoms with Crippen LogP contribution in [0.2, 0.25) is 5.02 Å². The van der Waals surface area contributed by atoms with E-state index in [-0.39, 0.29) is 31.0 Å². The maximum atomic E-state index is 12.6. The second-order valence-electron chi connectivity index (χ2n) is 4.86. The quantitative estimate of drug-likeness (QED) is 0.903. The van der Waals surface area contributed by atoms with Crippen LogP contribution in [0, 0.1) is 6.92 Å². The summed E-state index contributed by atoms with van der Waals surface area (Å²) in [7, 11) is -3.68. The third-order valence-corrected chi connectivity index (χ3v) is 5.52. The SMILES string of the molecule is Cc1cc(Cl)ccc1S(=O)(=O)N1CCOC(CC(=O)O)C1. The molecular formula is C13H16ClNO5S. The molecule has 0 aromatic heterocycles. The Hall–Kier alpha value is -1.15. The number of carbonyl (C=O) groups is 1. The second kappa shape index (κ2) is 6.31. The van der Waals surface area contributed by atoms with E-state index >= 15 is 0 Å². The molecule has 1 aromatic rings. The first-order valence-electron chi connectivity index (χ1n) is 6.40. The minimum atomic E-state index is -3.68. The topological polar surface area (TPSA) is 83.9 Å². The van der Waals surface area contributed by atoms with Crippen LogP contribution in [0.25, 0.3) is 0 Å². The summed E-state index contributed by atoms with van der Waals surface area (Å²) in [5, 5.41) is 9.25. The van der Waals surface area contributed by atoms with Crippen LogP contribution in [-0.2, 0) is 19.6 Å². The maximum Gasteiger partial charge on any atom is 0.306 e. The summed E-state index contributed by atoms with van der Waals surface area (Å²) in [4.78, 5) is 10.9. The molecule has 2 rings (SSSR count). The van der Waals surface area contributed by atoms with Gasteiger partial charge in [0.1, 0.15) is 0 Å². The molecule has 116 valence electrons. The number of halogens is 1. The average Bonchev–Trinajstić information content (AvgIpc) is 2.37. The van der Waals surface area contributed by atoms with E-state index in [4.69, 9.17) is 21.4 Å². The molecule has 0 spiro atoms. The molecule has 0 aliphatic carbocycles. The Morgan fingerprint density at radius 1 is 1.52 bits per heavy atom. The third kappa shape index (κ3) is 3.74. The van der Waals surface area contributed by atoms with Crippen LogP contribution in [0.5, 0.6) is 0 Å². The molecular weight excluding hydrogens is 318 g/mol. The van der Waals surface area contributed by atoms with Crippen LogP contribution in [0.15, 0.2) is 23.1 Å². The van der Waals surface area contributed by atoms with Gasteiger partial charge < -0.3 is 9.84 Å². The number of nitrogens with zero attached hydrogens (tertiary/aromatic N) is 1. The van der Waals surface area contributed by atoms with Gasteiger partial charge in [-0.05, 0) is 30.7 Å². The van der Waals surface area contributed by atoms with Crippen LogP contribution in [-0.4, -0.2) is 49.6 Å². The molecule has 0 saturated carbocycles. The highest BCUT2D eigenvalue weighted by molar-refractivity contribution is 7.89. The van der Waals surface area contributed by atoms with E-state index < -0.39 is 22.1 Å². The summed E-state index contributed by atoms with van der Waals surface area (Å²) in [6.45, 7) is 2.11. The predicted molar refractivity (Wildman–Crippen MR) is 76.9 cm³/mol. The van der Waals surface area contributed by atoms with Gasteiger partial charge in [-0.15, -0.1) is 0 Å². The van der Waals surface area contributed by atoms with Gasteiger partial charge in [-0.1, -0.05) is 11.6 Å². The Morgan fingerprint density at radius 2 is 2.24 bits per heavy atom. The zero-order chi connectivity index (χ0) is 15.6. The number of sulfonamides is 1. The van der Waals surface area contributed by atoms with Crippen LogP contribution < -0.4 is 0 Å². The molecule has 1 fully saturated rings. The predicted octanol–water partition coefficient (Wildman–Crippen LogP) is 1.51. The van der Waals surface area contributed by atoms with Gasteiger partial charge in [-0.25, -0.2) is 8.42 Å². The van der Waals surface area contributed by atoms with Crippen molar-refractivity contribution >= 4 is 27.6 Å². The molecule has 0 bridgehead atoms. The Labute approximate surface area is 128 Å². The normalized spacial score (nSPS) is 20.4. The van der Waals surface area contributed by atoms with Gasteiger partial charge in [0.2, 0.25) is 10.0 Å². The number of hydrogen-bond donors (Lipinski definition) is 1. The first-order chi connectivity index (χ1) is 9.80. The Balaban J connectivity index is 2.24. The van der Waals surface area contributed by atoms with Crippen molar-refractivity contribution in [2.75, 3.05) is 19.7 Å². The molecule has 21 heavy (non-hydrogen) atoms. The standard InChI is InChI=1S/C13H16ClNO5S/c1-9-6-10(14)2-3-12(9)21(18,19)15-4-5-20-11(8-15)7-13(16)17/h2-3,6,11H,4-5,7-8H2,1H3,(H,16,17). The molecule has 1 aliphatic rings. The molecule has 8 heteroatoms. The van der Waals surface area contributed by atoms with E-state index in [9.17, 15) is 13.2 Å². The minimum absolute atomic E-state index is 0.0384. The lowest BCUT2D eigenvalue weighted by molar-refractivity contribution is -0.141. The lowest BCUT2D eigenvalue weighted by atomic mass is 10.2. The van der Waals surface area contributed by atoms with E-state index in [1.165, 1.54) is 16.4 Å². The minimum Gasteiger partial charge on any atom is -0.481 e. The van der Waals surface area contributed by atoms with Gasteiger partial charge >= 0.3 is 5.97 Å². The van der Waals surface area contributed by atoms with Crippen molar-refractivity contribution in [2.45, 2.75) is 24.3 Å². The molecule has 0 radical (unpaired) electrons. The first kappa shape index (κ1) is 16.2. The molecule has 1 unspecified atom stereocenters. The molecule has 1 heterocycles. The molecule has 0 amide bonds. The fourth-order valence-corrected chi connectivity index (χ4v) is 4.16. The number of aliphatic carboxylic acids is 1. The van der Waals surface area contributed by atoms with Crippen molar-refractivity contribution < 1.29 is 23.1 Å². The molecule has 1 atom stereocenters. The monoisotopic (exact) mass is 333 g/mol. The molecule has 1 aliphatic heterocycles. The molecule has 1 N–H and O–H groups in total. The Morgan fingerprint density at radius 3 is 2.86 bits per heavy atom. The van der Waals surface area contributed by atoms with Crippen molar-refractivity contribution in [1.29, 1.82) is 0 Å². The summed E-state index contributed by atoms with van der Waals surface area (Å²) >= 11 is 5.84. The van der Waals surface area contributed by atoms with Crippen LogP contribution >= 0.6 is 11.6 Å². The van der Waals surface area contributed by atoms with Gasteiger partial charge in [0, 0.05) is 18.1 Å². The van der Waals surface area contributed by atoms with Crippen LogP contribution in [0.1, 0.15) is 12.0 Å². The highest BCUT2D eigenvalue weighted by Crippen LogP contribution is 2.24. The molecule has 1 saturated heterocycles. The number of hydrogen-bond acceptors (Lipinski definition) is 4. The smallest absolute Gasteiger partial charge is 0.306 e. The summed E-state index contributed by atoms with van der Waals surface area (Å²) in [5.74, 6) is -1.01. The number of benzene rings is 1. The van der Waals surface area contributed by atoms with E-state index in [0.717, 1.165) is 0 Å². The van der Waals surface area contributed by atoms with Crippen molar-refractivity contribution in [1.82, 2.24) is 4.31 Å². The van der Waals surface area contributed by atoms with E-state index in [0.29, 0.717) is 10.6 Å². The Kier molecular flexibility index (Phi) is 4.88. The average molecular weight is 334 g/mol. The fourth-order valence-electron chi connectivity index (χ4n) is 2.27. The number of carboxylic acid groups (broad SMARTS) is 1. The van der Waals surface area contributed by atoms with Crippen molar-refractivity contribution in [2.24, 2.45) is 0 Å². The van der Waals surface area contributed by atoms with Gasteiger partial charge in [0.15, 0.2) is 0 Å². The van der Waals surface area contributed by atoms with Crippen molar-refractivity contribution in [3.05, 3.63) is 28.8 Å². The summed E-state index contributed by atoms with van der Waals surface area (Å²) in [6, 6.07) is 4.58. The first-order valence-corrected chi connectivity index (χ1v) is 8.22. The van der Waals surface area contributed by atoms with Gasteiger partial charge in [0.05, 0.1) is 24.0 Å². The Bertz CT molecular complexity index is 646. The lowest BCUT2D eigenvalue weighted by Crippen LogP contribution is -2.46. The van der Waals surface area contributed by atoms with Gasteiger partial charge in [-0.3, -0.25) is 4.79 Å². The summed E-state index contributed by atoms with van der Waals surface area (Å²) in [5.41, 5.74) is 0.559. The van der Waals surface area contributed by atoms with Gasteiger partial charge in [0.25, 0.3) is 0 Å². The zero-order valence-electron chi connectivity index (χ0n) is 11.5. The fraction of sp³-hybridized carbons (Fsp3) is 0.462. The van der Waals surface area contributed by atoms with E-state index in [2.05, 4.69) is 0 Å². The number of carboxylic acids is 1. The third-order valence-electron chi connectivity index (χ3n) is 3.26. The van der Waals surface area contributed by atoms with Crippen LogP contribution in [0.4, 0.5) is 0 Å². The number of ether oxygens (including phenoxy) is 1. The lowest BCUT2D eigenvalue weighted by Gasteiger charge is -2.31. The van der Waals surface area contributed by atoms with Crippen molar-refractivity contribution in [3.8, 4) is 0 Å². The van der Waals surface area contributed by atoms with Gasteiger partial charge in [-0.2, -0.15) is 4.31 Å². The summed E-state index contributed by atoms with van der Waals surface area (Å²) < 4.78 is 31.8. The molecule has 6 nitrogen and oxygen atoms in total. The number of aryl methyl sites for hydroxylation is 1. The van der Waals surface area contributed by atoms with E-state index in [1.54, 1.807) is 13.0 Å². The molecule has 1 aromatic carbocycles. The second-order valence-corrected chi connectivity index (χ2v) is 7.21. The maximum absolute atomic E-state index is 12.6. The number of rotatable bonds is 4. The number of morpholine rings is 1. The highest BCUT2D eigenvalue weighted by Gasteiger charge is 2.32. The largest absolute Gasteiger partial charge is 0.481 e. The van der Waals surface area contributed by atoms with Crippen molar-refractivity contribution in [3.63, 3.8) is 0 Å². The van der Waals surface area contributed by atoms with E-state index in [1.807, 2.05) is 0 Å². The zero-order valence-corrected chi connectivity index (χ0v) is 13.0. The van der Waals surface area contributed by atoms with Crippen LogP contribution in [0.3, 0.4) is 0 Å². The summed E-state index contributed by atoms with van der Waals surface area (Å²) in [6.07, 6.45) is -0.843.